The molecule has 0 aromatic rings. The predicted octanol–water partition coefficient (Wildman–Crippen LogP) is 6.57. The van der Waals surface area contributed by atoms with E-state index in [9.17, 15) is 0 Å². The first kappa shape index (κ1) is 20.4. The first-order valence-corrected chi connectivity index (χ1v) is 9.32. The SMILES string of the molecule is CCCCCCCCC=CCC=CCCCCCCCO. The van der Waals surface area contributed by atoms with Crippen LogP contribution in [-0.2, 0) is 0 Å². The maximum absolute atomic E-state index is 8.67. The van der Waals surface area contributed by atoms with Crippen LogP contribution in [0.15, 0.2) is 24.3 Å². The molecule has 21 heavy (non-hydrogen) atoms. The highest BCUT2D eigenvalue weighted by molar-refractivity contribution is 4.92. The molecule has 1 nitrogen and oxygen atoms in total. The summed E-state index contributed by atoms with van der Waals surface area (Å²) in [4.78, 5) is 0. The highest BCUT2D eigenvalue weighted by Gasteiger charge is 1.89. The Kier molecular flexibility index (Phi) is 18.9. The van der Waals surface area contributed by atoms with Gasteiger partial charge in [0.2, 0.25) is 0 Å². The van der Waals surface area contributed by atoms with E-state index in [0.29, 0.717) is 6.61 Å². The average molecular weight is 295 g/mol. The van der Waals surface area contributed by atoms with Gasteiger partial charge in [-0.3, -0.25) is 0 Å². The number of hydrogen-bond donors (Lipinski definition) is 1. The standard InChI is InChI=1S/C20H38O/c1-2-3-4-5-6-7-8-9-10-11-12-13-14-15-16-17-18-19-20-21/h9-10,12-13,21H,2-8,11,14-20H2,1H3. The molecule has 0 aliphatic carbocycles. The number of aliphatic hydroxyl groups excluding tert-OH is 1. The van der Waals surface area contributed by atoms with E-state index in [1.165, 1.54) is 77.0 Å². The molecule has 1 heteroatoms. The van der Waals surface area contributed by atoms with Gasteiger partial charge in [-0.05, 0) is 38.5 Å². The zero-order valence-corrected chi connectivity index (χ0v) is 14.4. The molecule has 0 aliphatic heterocycles. The molecule has 0 amide bonds. The summed E-state index contributed by atoms with van der Waals surface area (Å²) >= 11 is 0. The van der Waals surface area contributed by atoms with E-state index >= 15 is 0 Å². The zero-order chi connectivity index (χ0) is 15.4. The van der Waals surface area contributed by atoms with Crippen LogP contribution >= 0.6 is 0 Å². The van der Waals surface area contributed by atoms with Crippen molar-refractivity contribution in [3.05, 3.63) is 24.3 Å². The van der Waals surface area contributed by atoms with Gasteiger partial charge < -0.3 is 5.11 Å². The summed E-state index contributed by atoms with van der Waals surface area (Å²) in [6, 6.07) is 0. The molecule has 0 aromatic heterocycles. The lowest BCUT2D eigenvalue weighted by molar-refractivity contribution is 0.282. The van der Waals surface area contributed by atoms with Gasteiger partial charge in [0.15, 0.2) is 0 Å². The minimum Gasteiger partial charge on any atom is -0.396 e. The number of hydrogen-bond acceptors (Lipinski definition) is 1. The summed E-state index contributed by atoms with van der Waals surface area (Å²) in [5.41, 5.74) is 0. The molecule has 0 atom stereocenters. The van der Waals surface area contributed by atoms with Crippen molar-refractivity contribution in [1.29, 1.82) is 0 Å². The van der Waals surface area contributed by atoms with Crippen LogP contribution in [0, 0.1) is 0 Å². The largest absolute Gasteiger partial charge is 0.396 e. The Morgan fingerprint density at radius 2 is 1.05 bits per heavy atom. The average Bonchev–Trinajstić information content (AvgIpc) is 2.50. The van der Waals surface area contributed by atoms with Crippen molar-refractivity contribution in [2.45, 2.75) is 96.8 Å². The number of unbranched alkanes of at least 4 members (excludes halogenated alkanes) is 11. The lowest BCUT2D eigenvalue weighted by Crippen LogP contribution is -1.83. The molecule has 0 spiro atoms. The van der Waals surface area contributed by atoms with Crippen LogP contribution in [0.5, 0.6) is 0 Å². The molecule has 0 heterocycles. The van der Waals surface area contributed by atoms with Crippen LogP contribution in [-0.4, -0.2) is 11.7 Å². The van der Waals surface area contributed by atoms with E-state index in [1.54, 1.807) is 0 Å². The minimum absolute atomic E-state index is 0.352. The maximum atomic E-state index is 8.67. The quantitative estimate of drug-likeness (QED) is 0.252. The van der Waals surface area contributed by atoms with Crippen molar-refractivity contribution < 1.29 is 5.11 Å². The van der Waals surface area contributed by atoms with E-state index in [0.717, 1.165) is 12.8 Å². The van der Waals surface area contributed by atoms with Crippen molar-refractivity contribution in [3.8, 4) is 0 Å². The fourth-order valence-electron chi connectivity index (χ4n) is 2.45. The second-order valence-corrected chi connectivity index (χ2v) is 6.02. The zero-order valence-electron chi connectivity index (χ0n) is 14.4. The van der Waals surface area contributed by atoms with Gasteiger partial charge in [0, 0.05) is 6.61 Å². The van der Waals surface area contributed by atoms with Gasteiger partial charge in [-0.2, -0.15) is 0 Å². The molecule has 0 saturated carbocycles. The van der Waals surface area contributed by atoms with Gasteiger partial charge >= 0.3 is 0 Å². The molecule has 0 rings (SSSR count). The van der Waals surface area contributed by atoms with Crippen LogP contribution in [0.1, 0.15) is 96.8 Å². The molecular formula is C20H38O. The summed E-state index contributed by atoms with van der Waals surface area (Å²) in [5.74, 6) is 0. The summed E-state index contributed by atoms with van der Waals surface area (Å²) in [5, 5.41) is 8.67. The number of allylic oxidation sites excluding steroid dienone is 4. The fourth-order valence-corrected chi connectivity index (χ4v) is 2.45. The summed E-state index contributed by atoms with van der Waals surface area (Å²) in [7, 11) is 0. The van der Waals surface area contributed by atoms with E-state index in [2.05, 4.69) is 31.2 Å². The third-order valence-electron chi connectivity index (χ3n) is 3.86. The van der Waals surface area contributed by atoms with Gasteiger partial charge in [0.1, 0.15) is 0 Å². The lowest BCUT2D eigenvalue weighted by Gasteiger charge is -1.97. The molecular weight excluding hydrogens is 256 g/mol. The van der Waals surface area contributed by atoms with Crippen molar-refractivity contribution in [2.75, 3.05) is 6.61 Å². The van der Waals surface area contributed by atoms with Crippen molar-refractivity contribution in [1.82, 2.24) is 0 Å². The fraction of sp³-hybridized carbons (Fsp3) is 0.800. The van der Waals surface area contributed by atoms with E-state index in [1.807, 2.05) is 0 Å². The second kappa shape index (κ2) is 19.4. The topological polar surface area (TPSA) is 20.2 Å². The Morgan fingerprint density at radius 1 is 0.571 bits per heavy atom. The van der Waals surface area contributed by atoms with E-state index < -0.39 is 0 Å². The molecule has 0 unspecified atom stereocenters. The molecule has 1 N–H and O–H groups in total. The summed E-state index contributed by atoms with van der Waals surface area (Å²) in [6.07, 6.45) is 27.2. The van der Waals surface area contributed by atoms with Crippen LogP contribution in [0.25, 0.3) is 0 Å². The van der Waals surface area contributed by atoms with Gasteiger partial charge in [-0.25, -0.2) is 0 Å². The predicted molar refractivity (Wildman–Crippen MR) is 95.7 cm³/mol. The highest BCUT2D eigenvalue weighted by atomic mass is 16.2. The van der Waals surface area contributed by atoms with Crippen LogP contribution in [0.4, 0.5) is 0 Å². The van der Waals surface area contributed by atoms with E-state index in [4.69, 9.17) is 5.11 Å². The first-order chi connectivity index (χ1) is 10.4. The first-order valence-electron chi connectivity index (χ1n) is 9.32. The Bertz CT molecular complexity index is 206. The molecule has 0 fully saturated rings. The molecule has 0 saturated heterocycles. The maximum Gasteiger partial charge on any atom is 0.0431 e. The summed E-state index contributed by atoms with van der Waals surface area (Å²) in [6.45, 7) is 2.62. The molecule has 124 valence electrons. The lowest BCUT2D eigenvalue weighted by atomic mass is 10.1. The van der Waals surface area contributed by atoms with Crippen LogP contribution in [0.2, 0.25) is 0 Å². The van der Waals surface area contributed by atoms with Gasteiger partial charge in [-0.1, -0.05) is 82.6 Å². The Labute approximate surface area is 133 Å². The van der Waals surface area contributed by atoms with E-state index in [-0.39, 0.29) is 0 Å². The number of aliphatic hydroxyl groups is 1. The van der Waals surface area contributed by atoms with Crippen LogP contribution < -0.4 is 0 Å². The highest BCUT2D eigenvalue weighted by Crippen LogP contribution is 2.08. The van der Waals surface area contributed by atoms with Gasteiger partial charge in [-0.15, -0.1) is 0 Å². The van der Waals surface area contributed by atoms with Crippen molar-refractivity contribution in [2.24, 2.45) is 0 Å². The van der Waals surface area contributed by atoms with Crippen molar-refractivity contribution >= 4 is 0 Å². The normalized spacial score (nSPS) is 11.9. The minimum atomic E-state index is 0.352. The number of rotatable bonds is 16. The van der Waals surface area contributed by atoms with Gasteiger partial charge in [0.25, 0.3) is 0 Å². The summed E-state index contributed by atoms with van der Waals surface area (Å²) < 4.78 is 0. The Balaban J connectivity index is 3.14. The third kappa shape index (κ3) is 19.4. The molecule has 0 aliphatic rings. The smallest absolute Gasteiger partial charge is 0.0431 e. The molecule has 0 radical (unpaired) electrons. The Morgan fingerprint density at radius 3 is 1.57 bits per heavy atom. The molecule has 0 aromatic carbocycles. The second-order valence-electron chi connectivity index (χ2n) is 6.02. The van der Waals surface area contributed by atoms with Crippen molar-refractivity contribution in [3.63, 3.8) is 0 Å². The Hall–Kier alpha value is -0.560. The monoisotopic (exact) mass is 294 g/mol. The van der Waals surface area contributed by atoms with Gasteiger partial charge in [0.05, 0.1) is 0 Å². The molecule has 0 bridgehead atoms. The third-order valence-corrected chi connectivity index (χ3v) is 3.86. The van der Waals surface area contributed by atoms with Crippen LogP contribution in [0.3, 0.4) is 0 Å².